The fourth-order valence-electron chi connectivity index (χ4n) is 3.07. The van der Waals surface area contributed by atoms with Crippen LogP contribution in [0, 0.1) is 13.8 Å². The van der Waals surface area contributed by atoms with Crippen LogP contribution in [0.2, 0.25) is 0 Å². The standard InChI is InChI=1S/C21H27NO2/c1-16-5-9-18(10-6-16)21(19-11-7-17(2)8-12-19)23-15-20(24-21)13-14-22(3)4/h5-12,20H,13-15H2,1-4H3. The van der Waals surface area contributed by atoms with Gasteiger partial charge in [-0.1, -0.05) is 59.7 Å². The monoisotopic (exact) mass is 325 g/mol. The van der Waals surface area contributed by atoms with E-state index in [1.165, 1.54) is 11.1 Å². The third kappa shape index (κ3) is 3.54. The molecule has 2 aromatic carbocycles. The van der Waals surface area contributed by atoms with Gasteiger partial charge in [-0.25, -0.2) is 0 Å². The Morgan fingerprint density at radius 3 is 1.88 bits per heavy atom. The van der Waals surface area contributed by atoms with E-state index >= 15 is 0 Å². The topological polar surface area (TPSA) is 21.7 Å². The molecular formula is C21H27NO2. The highest BCUT2D eigenvalue weighted by Crippen LogP contribution is 2.41. The first-order valence-electron chi connectivity index (χ1n) is 8.60. The molecule has 0 aromatic heterocycles. The van der Waals surface area contributed by atoms with Crippen molar-refractivity contribution in [1.29, 1.82) is 0 Å². The van der Waals surface area contributed by atoms with Gasteiger partial charge in [-0.05, 0) is 34.4 Å². The average Bonchev–Trinajstić information content (AvgIpc) is 3.00. The van der Waals surface area contributed by atoms with Crippen molar-refractivity contribution in [2.24, 2.45) is 0 Å². The number of hydrogen-bond acceptors (Lipinski definition) is 3. The van der Waals surface area contributed by atoms with Crippen molar-refractivity contribution in [3.05, 3.63) is 70.8 Å². The van der Waals surface area contributed by atoms with Crippen LogP contribution in [0.1, 0.15) is 28.7 Å². The molecule has 0 radical (unpaired) electrons. The molecule has 3 heteroatoms. The highest BCUT2D eigenvalue weighted by Gasteiger charge is 2.44. The van der Waals surface area contributed by atoms with Gasteiger partial charge in [0.1, 0.15) is 0 Å². The molecule has 0 bridgehead atoms. The molecule has 0 spiro atoms. The maximum atomic E-state index is 6.50. The summed E-state index contributed by atoms with van der Waals surface area (Å²) in [6.07, 6.45) is 1.07. The lowest BCUT2D eigenvalue weighted by atomic mass is 9.95. The van der Waals surface area contributed by atoms with Crippen LogP contribution < -0.4 is 0 Å². The molecule has 1 atom stereocenters. The average molecular weight is 325 g/mol. The number of benzene rings is 2. The Balaban J connectivity index is 1.93. The summed E-state index contributed by atoms with van der Waals surface area (Å²) in [5, 5.41) is 0. The van der Waals surface area contributed by atoms with Crippen molar-refractivity contribution in [2.45, 2.75) is 32.2 Å². The van der Waals surface area contributed by atoms with E-state index in [-0.39, 0.29) is 6.10 Å². The Hall–Kier alpha value is -1.68. The highest BCUT2D eigenvalue weighted by molar-refractivity contribution is 5.37. The summed E-state index contributed by atoms with van der Waals surface area (Å²) in [5.74, 6) is -0.793. The summed E-state index contributed by atoms with van der Waals surface area (Å²) in [4.78, 5) is 2.18. The van der Waals surface area contributed by atoms with E-state index in [9.17, 15) is 0 Å². The van der Waals surface area contributed by atoms with Crippen molar-refractivity contribution >= 4 is 0 Å². The molecule has 1 saturated heterocycles. The van der Waals surface area contributed by atoms with E-state index in [4.69, 9.17) is 9.47 Å². The molecule has 1 aliphatic rings. The Kier molecular flexibility index (Phi) is 5.04. The lowest BCUT2D eigenvalue weighted by molar-refractivity contribution is -0.143. The summed E-state index contributed by atoms with van der Waals surface area (Å²) in [5.41, 5.74) is 4.59. The Morgan fingerprint density at radius 1 is 0.917 bits per heavy atom. The molecule has 0 aliphatic carbocycles. The summed E-state index contributed by atoms with van der Waals surface area (Å²) >= 11 is 0. The molecule has 0 N–H and O–H groups in total. The number of rotatable bonds is 5. The van der Waals surface area contributed by atoms with Gasteiger partial charge < -0.3 is 14.4 Å². The minimum atomic E-state index is -0.793. The van der Waals surface area contributed by atoms with Gasteiger partial charge >= 0.3 is 0 Å². The molecule has 1 heterocycles. The summed E-state index contributed by atoms with van der Waals surface area (Å²) in [7, 11) is 4.17. The van der Waals surface area contributed by atoms with Gasteiger partial charge in [-0.15, -0.1) is 0 Å². The summed E-state index contributed by atoms with van der Waals surface area (Å²) in [6.45, 7) is 5.80. The fourth-order valence-corrected chi connectivity index (χ4v) is 3.07. The number of ether oxygens (including phenoxy) is 2. The van der Waals surface area contributed by atoms with Crippen molar-refractivity contribution in [3.63, 3.8) is 0 Å². The zero-order valence-electron chi connectivity index (χ0n) is 15.1. The van der Waals surface area contributed by atoms with Gasteiger partial charge in [-0.3, -0.25) is 0 Å². The van der Waals surface area contributed by atoms with Crippen molar-refractivity contribution in [2.75, 3.05) is 27.2 Å². The van der Waals surface area contributed by atoms with E-state index in [2.05, 4.69) is 81.4 Å². The number of aryl methyl sites for hydroxylation is 2. The maximum absolute atomic E-state index is 6.50. The largest absolute Gasteiger partial charge is 0.339 e. The van der Waals surface area contributed by atoms with Crippen LogP contribution in [0.3, 0.4) is 0 Å². The third-order valence-electron chi connectivity index (χ3n) is 4.57. The lowest BCUT2D eigenvalue weighted by Gasteiger charge is -2.29. The van der Waals surface area contributed by atoms with Crippen LogP contribution in [0.5, 0.6) is 0 Å². The van der Waals surface area contributed by atoms with E-state index in [0.29, 0.717) is 6.61 Å². The second-order valence-corrected chi connectivity index (χ2v) is 6.99. The van der Waals surface area contributed by atoms with Crippen LogP contribution in [-0.2, 0) is 15.3 Å². The predicted molar refractivity (Wildman–Crippen MR) is 97.1 cm³/mol. The van der Waals surface area contributed by atoms with Gasteiger partial charge in [0, 0.05) is 17.7 Å². The second kappa shape index (κ2) is 7.06. The first kappa shape index (κ1) is 17.2. The SMILES string of the molecule is Cc1ccc(C2(c3ccc(C)cc3)OCC(CCN(C)C)O2)cc1. The van der Waals surface area contributed by atoms with Crippen molar-refractivity contribution < 1.29 is 9.47 Å². The highest BCUT2D eigenvalue weighted by atomic mass is 16.7. The molecule has 1 aliphatic heterocycles. The quantitative estimate of drug-likeness (QED) is 0.833. The van der Waals surface area contributed by atoms with Crippen LogP contribution in [-0.4, -0.2) is 38.3 Å². The molecule has 0 saturated carbocycles. The molecule has 1 unspecified atom stereocenters. The van der Waals surface area contributed by atoms with Gasteiger partial charge in [-0.2, -0.15) is 0 Å². The Morgan fingerprint density at radius 2 is 1.42 bits per heavy atom. The number of nitrogens with zero attached hydrogens (tertiary/aromatic N) is 1. The normalized spacial score (nSPS) is 19.8. The van der Waals surface area contributed by atoms with E-state index < -0.39 is 5.79 Å². The van der Waals surface area contributed by atoms with Crippen LogP contribution in [0.25, 0.3) is 0 Å². The van der Waals surface area contributed by atoms with Crippen LogP contribution >= 0.6 is 0 Å². The molecular weight excluding hydrogens is 298 g/mol. The van der Waals surface area contributed by atoms with Gasteiger partial charge in [0.25, 0.3) is 0 Å². The molecule has 2 aromatic rings. The van der Waals surface area contributed by atoms with E-state index in [1.807, 2.05) is 0 Å². The predicted octanol–water partition coefficient (Wildman–Crippen LogP) is 3.87. The maximum Gasteiger partial charge on any atom is 0.222 e. The number of hydrogen-bond donors (Lipinski definition) is 0. The van der Waals surface area contributed by atoms with Gasteiger partial charge in [0.2, 0.25) is 5.79 Å². The molecule has 1 fully saturated rings. The van der Waals surface area contributed by atoms with Gasteiger partial charge in [0.05, 0.1) is 12.7 Å². The summed E-state index contributed by atoms with van der Waals surface area (Å²) < 4.78 is 12.8. The van der Waals surface area contributed by atoms with E-state index in [0.717, 1.165) is 24.1 Å². The first-order chi connectivity index (χ1) is 11.5. The fraction of sp³-hybridized carbons (Fsp3) is 0.429. The molecule has 3 rings (SSSR count). The minimum Gasteiger partial charge on any atom is -0.339 e. The van der Waals surface area contributed by atoms with E-state index in [1.54, 1.807) is 0 Å². The Labute approximate surface area is 145 Å². The van der Waals surface area contributed by atoms with Crippen molar-refractivity contribution in [1.82, 2.24) is 4.90 Å². The lowest BCUT2D eigenvalue weighted by Crippen LogP contribution is -2.30. The minimum absolute atomic E-state index is 0.106. The molecule has 0 amide bonds. The third-order valence-corrected chi connectivity index (χ3v) is 4.57. The zero-order valence-corrected chi connectivity index (χ0v) is 15.1. The first-order valence-corrected chi connectivity index (χ1v) is 8.60. The zero-order chi connectivity index (χ0) is 17.2. The van der Waals surface area contributed by atoms with Gasteiger partial charge in [0.15, 0.2) is 0 Å². The van der Waals surface area contributed by atoms with Crippen molar-refractivity contribution in [3.8, 4) is 0 Å². The molecule has 3 nitrogen and oxygen atoms in total. The molecule has 24 heavy (non-hydrogen) atoms. The smallest absolute Gasteiger partial charge is 0.222 e. The second-order valence-electron chi connectivity index (χ2n) is 6.99. The Bertz CT molecular complexity index is 616. The van der Waals surface area contributed by atoms with Crippen LogP contribution in [0.4, 0.5) is 0 Å². The van der Waals surface area contributed by atoms with Crippen LogP contribution in [0.15, 0.2) is 48.5 Å². The summed E-state index contributed by atoms with van der Waals surface area (Å²) in [6, 6.07) is 16.9. The molecule has 128 valence electrons.